The number of nitro groups is 1. The molecule has 1 fully saturated rings. The van der Waals surface area contributed by atoms with Crippen molar-refractivity contribution in [2.75, 3.05) is 19.8 Å². The van der Waals surface area contributed by atoms with Gasteiger partial charge >= 0.3 is 5.69 Å². The number of ether oxygens (including phenoxy) is 2. The van der Waals surface area contributed by atoms with Gasteiger partial charge in [-0.15, -0.1) is 0 Å². The van der Waals surface area contributed by atoms with Gasteiger partial charge in [0.05, 0.1) is 16.0 Å². The molecule has 0 atom stereocenters. The smallest absolute Gasteiger partial charge is 0.324 e. The van der Waals surface area contributed by atoms with Gasteiger partial charge in [0.25, 0.3) is 0 Å². The van der Waals surface area contributed by atoms with E-state index >= 15 is 0 Å². The van der Waals surface area contributed by atoms with Crippen molar-refractivity contribution < 1.29 is 14.4 Å². The maximum absolute atomic E-state index is 11.0. The highest BCUT2D eigenvalue weighted by Crippen LogP contribution is 2.34. The molecule has 1 aliphatic heterocycles. The summed E-state index contributed by atoms with van der Waals surface area (Å²) >= 11 is 3.17. The van der Waals surface area contributed by atoms with E-state index in [-0.39, 0.29) is 5.69 Å². The Morgan fingerprint density at radius 1 is 1.44 bits per heavy atom. The summed E-state index contributed by atoms with van der Waals surface area (Å²) < 4.78 is 11.3. The number of hydrogen-bond donors (Lipinski definition) is 0. The van der Waals surface area contributed by atoms with Crippen molar-refractivity contribution in [3.63, 3.8) is 0 Å². The van der Waals surface area contributed by atoms with Gasteiger partial charge in [0.15, 0.2) is 5.75 Å². The molecule has 0 aromatic heterocycles. The SMILES string of the molecule is O=[N+]([O-])c1c(Br)cccc1OCC1CCOCC1. The summed E-state index contributed by atoms with van der Waals surface area (Å²) in [6.07, 6.45) is 1.89. The fraction of sp³-hybridized carbons (Fsp3) is 0.500. The lowest BCUT2D eigenvalue weighted by atomic mass is 10.0. The molecule has 1 aromatic carbocycles. The Morgan fingerprint density at radius 2 is 2.17 bits per heavy atom. The first-order chi connectivity index (χ1) is 8.68. The van der Waals surface area contributed by atoms with E-state index in [0.717, 1.165) is 26.1 Å². The molecular formula is C12H14BrNO4. The number of hydrogen-bond acceptors (Lipinski definition) is 4. The van der Waals surface area contributed by atoms with Crippen LogP contribution < -0.4 is 4.74 Å². The van der Waals surface area contributed by atoms with Gasteiger partial charge in [-0.2, -0.15) is 0 Å². The van der Waals surface area contributed by atoms with E-state index in [4.69, 9.17) is 9.47 Å². The zero-order valence-electron chi connectivity index (χ0n) is 9.80. The molecule has 1 aliphatic rings. The van der Waals surface area contributed by atoms with Crippen LogP contribution in [0.2, 0.25) is 0 Å². The van der Waals surface area contributed by atoms with Crippen molar-refractivity contribution >= 4 is 21.6 Å². The van der Waals surface area contributed by atoms with Gasteiger partial charge in [0.2, 0.25) is 0 Å². The predicted octanol–water partition coefficient (Wildman–Crippen LogP) is 3.16. The Morgan fingerprint density at radius 3 is 2.83 bits per heavy atom. The van der Waals surface area contributed by atoms with Crippen molar-refractivity contribution in [2.24, 2.45) is 5.92 Å². The Kier molecular flexibility index (Phi) is 4.54. The Hall–Kier alpha value is -1.14. The van der Waals surface area contributed by atoms with Crippen LogP contribution in [0.15, 0.2) is 22.7 Å². The Bertz CT molecular complexity index is 432. The van der Waals surface area contributed by atoms with Crippen molar-refractivity contribution in [1.29, 1.82) is 0 Å². The Balaban J connectivity index is 2.04. The van der Waals surface area contributed by atoms with Crippen molar-refractivity contribution in [1.82, 2.24) is 0 Å². The molecule has 0 amide bonds. The highest BCUT2D eigenvalue weighted by Gasteiger charge is 2.21. The summed E-state index contributed by atoms with van der Waals surface area (Å²) in [7, 11) is 0. The van der Waals surface area contributed by atoms with E-state index in [0.29, 0.717) is 22.7 Å². The number of halogens is 1. The summed E-state index contributed by atoms with van der Waals surface area (Å²) in [6, 6.07) is 5.00. The molecule has 0 N–H and O–H groups in total. The second-order valence-electron chi connectivity index (χ2n) is 4.21. The summed E-state index contributed by atoms with van der Waals surface area (Å²) in [5.74, 6) is 0.734. The molecule has 0 bridgehead atoms. The van der Waals surface area contributed by atoms with E-state index in [2.05, 4.69) is 15.9 Å². The van der Waals surface area contributed by atoms with E-state index < -0.39 is 4.92 Å². The number of rotatable bonds is 4. The van der Waals surface area contributed by atoms with Crippen LogP contribution in [-0.4, -0.2) is 24.7 Å². The summed E-state index contributed by atoms with van der Waals surface area (Å²) in [5.41, 5.74) is -0.00967. The first-order valence-electron chi connectivity index (χ1n) is 5.82. The zero-order chi connectivity index (χ0) is 13.0. The van der Waals surface area contributed by atoms with Crippen LogP contribution in [0.5, 0.6) is 5.75 Å². The van der Waals surface area contributed by atoms with Crippen LogP contribution in [0.1, 0.15) is 12.8 Å². The van der Waals surface area contributed by atoms with Gasteiger partial charge < -0.3 is 9.47 Å². The third kappa shape index (κ3) is 3.20. The zero-order valence-corrected chi connectivity index (χ0v) is 11.4. The number of benzene rings is 1. The van der Waals surface area contributed by atoms with Gasteiger partial charge in [-0.05, 0) is 46.8 Å². The third-order valence-corrected chi connectivity index (χ3v) is 3.59. The van der Waals surface area contributed by atoms with Gasteiger partial charge in [-0.25, -0.2) is 0 Å². The highest BCUT2D eigenvalue weighted by atomic mass is 79.9. The molecule has 1 saturated heterocycles. The molecule has 1 aromatic rings. The van der Waals surface area contributed by atoms with E-state index in [9.17, 15) is 10.1 Å². The maximum Gasteiger partial charge on any atom is 0.324 e. The fourth-order valence-electron chi connectivity index (χ4n) is 1.91. The van der Waals surface area contributed by atoms with Crippen molar-refractivity contribution in [3.8, 4) is 5.75 Å². The van der Waals surface area contributed by atoms with Crippen LogP contribution in [0.25, 0.3) is 0 Å². The molecule has 5 nitrogen and oxygen atoms in total. The first kappa shape index (κ1) is 13.3. The minimum atomic E-state index is -0.427. The molecular weight excluding hydrogens is 302 g/mol. The lowest BCUT2D eigenvalue weighted by Crippen LogP contribution is -2.21. The predicted molar refractivity (Wildman–Crippen MR) is 69.8 cm³/mol. The van der Waals surface area contributed by atoms with Crippen molar-refractivity contribution in [2.45, 2.75) is 12.8 Å². The largest absolute Gasteiger partial charge is 0.486 e. The first-order valence-corrected chi connectivity index (χ1v) is 6.61. The third-order valence-electron chi connectivity index (χ3n) is 2.95. The van der Waals surface area contributed by atoms with Gasteiger partial charge in [0, 0.05) is 13.2 Å². The van der Waals surface area contributed by atoms with Gasteiger partial charge in [0.1, 0.15) is 0 Å². The molecule has 0 aliphatic carbocycles. The molecule has 98 valence electrons. The van der Waals surface area contributed by atoms with Crippen LogP contribution >= 0.6 is 15.9 Å². The summed E-state index contributed by atoms with van der Waals surface area (Å²) in [5, 5.41) is 11.0. The van der Waals surface area contributed by atoms with Gasteiger partial charge in [-0.3, -0.25) is 10.1 Å². The molecule has 2 rings (SSSR count). The molecule has 0 spiro atoms. The van der Waals surface area contributed by atoms with E-state index in [1.165, 1.54) is 0 Å². The second-order valence-corrected chi connectivity index (χ2v) is 5.06. The fourth-order valence-corrected chi connectivity index (χ4v) is 2.40. The molecule has 0 radical (unpaired) electrons. The molecule has 0 unspecified atom stereocenters. The summed E-state index contributed by atoms with van der Waals surface area (Å²) in [4.78, 5) is 10.5. The topological polar surface area (TPSA) is 61.6 Å². The van der Waals surface area contributed by atoms with Crippen LogP contribution in [-0.2, 0) is 4.74 Å². The molecule has 18 heavy (non-hydrogen) atoms. The van der Waals surface area contributed by atoms with E-state index in [1.54, 1.807) is 18.2 Å². The minimum Gasteiger partial charge on any atom is -0.486 e. The average Bonchev–Trinajstić information content (AvgIpc) is 2.37. The number of nitrogens with zero attached hydrogens (tertiary/aromatic N) is 1. The quantitative estimate of drug-likeness (QED) is 0.632. The normalized spacial score (nSPS) is 16.5. The van der Waals surface area contributed by atoms with Crippen LogP contribution in [0.4, 0.5) is 5.69 Å². The van der Waals surface area contributed by atoms with Crippen LogP contribution in [0, 0.1) is 16.0 Å². The minimum absolute atomic E-state index is 0.00967. The Labute approximate surface area is 113 Å². The van der Waals surface area contributed by atoms with Crippen LogP contribution in [0.3, 0.4) is 0 Å². The maximum atomic E-state index is 11.0. The lowest BCUT2D eigenvalue weighted by Gasteiger charge is -2.22. The summed E-state index contributed by atoms with van der Waals surface area (Å²) in [6.45, 7) is 1.99. The van der Waals surface area contributed by atoms with Gasteiger partial charge in [-0.1, -0.05) is 6.07 Å². The lowest BCUT2D eigenvalue weighted by molar-refractivity contribution is -0.386. The molecule has 1 heterocycles. The molecule has 0 saturated carbocycles. The number of para-hydroxylation sites is 1. The standard InChI is InChI=1S/C12H14BrNO4/c13-10-2-1-3-11(12(10)14(15)16)18-8-9-4-6-17-7-5-9/h1-3,9H,4-8H2. The second kappa shape index (κ2) is 6.15. The monoisotopic (exact) mass is 315 g/mol. The van der Waals surface area contributed by atoms with Crippen molar-refractivity contribution in [3.05, 3.63) is 32.8 Å². The molecule has 6 heteroatoms. The van der Waals surface area contributed by atoms with E-state index in [1.807, 2.05) is 0 Å². The highest BCUT2D eigenvalue weighted by molar-refractivity contribution is 9.10. The number of nitro benzene ring substituents is 1. The average molecular weight is 316 g/mol.